The molecule has 0 N–H and O–H groups in total. The van der Waals surface area contributed by atoms with E-state index in [0.717, 1.165) is 36.6 Å². The third-order valence-electron chi connectivity index (χ3n) is 5.57. The van der Waals surface area contributed by atoms with Crippen molar-refractivity contribution in [3.8, 4) is 11.5 Å². The number of fused-ring (bicyclic) bond motifs is 3. The minimum Gasteiger partial charge on any atom is -0.501 e. The molecule has 2 unspecified atom stereocenters. The van der Waals surface area contributed by atoms with Gasteiger partial charge in [0.1, 0.15) is 0 Å². The molecule has 0 radical (unpaired) electrons. The molecular weight excluding hydrogens is 314 g/mol. The Hall–Kier alpha value is -1.94. The summed E-state index contributed by atoms with van der Waals surface area (Å²) in [4.78, 5) is 2.61. The molecule has 1 aromatic rings. The third-order valence-corrected chi connectivity index (χ3v) is 5.57. The van der Waals surface area contributed by atoms with Crippen LogP contribution in [-0.2, 0) is 11.2 Å². The van der Waals surface area contributed by atoms with Gasteiger partial charge in [-0.3, -0.25) is 4.90 Å². The van der Waals surface area contributed by atoms with Crippen molar-refractivity contribution in [3.05, 3.63) is 46.2 Å². The second-order valence-electron chi connectivity index (χ2n) is 7.12. The maximum atomic E-state index is 5.55. The van der Waals surface area contributed by atoms with Crippen molar-refractivity contribution >= 4 is 0 Å². The first-order valence-corrected chi connectivity index (χ1v) is 8.89. The highest BCUT2D eigenvalue weighted by atomic mass is 16.5. The minimum atomic E-state index is 0.373. The van der Waals surface area contributed by atoms with Crippen LogP contribution in [0.25, 0.3) is 0 Å². The van der Waals surface area contributed by atoms with Crippen molar-refractivity contribution < 1.29 is 14.2 Å². The summed E-state index contributed by atoms with van der Waals surface area (Å²) >= 11 is 0. The molecule has 2 atom stereocenters. The average molecular weight is 343 g/mol. The van der Waals surface area contributed by atoms with Crippen molar-refractivity contribution in [1.29, 1.82) is 0 Å². The van der Waals surface area contributed by atoms with Crippen LogP contribution in [0.1, 0.15) is 44.4 Å². The first kappa shape index (κ1) is 17.9. The predicted octanol–water partition coefficient (Wildman–Crippen LogP) is 4.26. The van der Waals surface area contributed by atoms with E-state index in [1.807, 2.05) is 6.92 Å². The van der Waals surface area contributed by atoms with Gasteiger partial charge in [-0.2, -0.15) is 0 Å². The lowest BCUT2D eigenvalue weighted by Gasteiger charge is -2.45. The number of benzene rings is 1. The molecule has 0 saturated carbocycles. The Kier molecular flexibility index (Phi) is 5.09. The zero-order valence-electron chi connectivity index (χ0n) is 16.2. The van der Waals surface area contributed by atoms with Gasteiger partial charge < -0.3 is 14.2 Å². The first-order chi connectivity index (χ1) is 12.0. The van der Waals surface area contributed by atoms with Gasteiger partial charge in [0.25, 0.3) is 0 Å². The Balaban J connectivity index is 2.04. The average Bonchev–Trinajstić information content (AvgIpc) is 2.61. The van der Waals surface area contributed by atoms with Gasteiger partial charge in [0.2, 0.25) is 0 Å². The topological polar surface area (TPSA) is 30.9 Å². The van der Waals surface area contributed by atoms with Crippen LogP contribution in [0.4, 0.5) is 0 Å². The number of hydrogen-bond acceptors (Lipinski definition) is 4. The maximum Gasteiger partial charge on any atom is 0.161 e. The van der Waals surface area contributed by atoms with Crippen LogP contribution in [0.15, 0.2) is 35.1 Å². The Morgan fingerprint density at radius 3 is 2.44 bits per heavy atom. The molecule has 4 nitrogen and oxygen atoms in total. The van der Waals surface area contributed by atoms with Crippen molar-refractivity contribution in [1.82, 2.24) is 4.90 Å². The van der Waals surface area contributed by atoms with Crippen molar-refractivity contribution in [2.45, 2.75) is 45.7 Å². The maximum absolute atomic E-state index is 5.55. The SMILES string of the molecule is COC(C)=CC1=C(C)CN2C(C)Cc3cc(OC)c(OC)cc3C2C1. The molecule has 0 amide bonds. The second kappa shape index (κ2) is 7.12. The summed E-state index contributed by atoms with van der Waals surface area (Å²) in [5.74, 6) is 2.59. The summed E-state index contributed by atoms with van der Waals surface area (Å²) < 4.78 is 16.4. The molecule has 0 spiro atoms. The van der Waals surface area contributed by atoms with Gasteiger partial charge in [-0.1, -0.05) is 5.57 Å². The molecule has 2 heterocycles. The van der Waals surface area contributed by atoms with Gasteiger partial charge >= 0.3 is 0 Å². The van der Waals surface area contributed by atoms with Crippen molar-refractivity contribution in [2.75, 3.05) is 27.9 Å². The summed E-state index contributed by atoms with van der Waals surface area (Å²) in [7, 11) is 5.13. The number of allylic oxidation sites excluding steroid dienone is 2. The molecule has 0 fully saturated rings. The van der Waals surface area contributed by atoms with Crippen LogP contribution in [0.5, 0.6) is 11.5 Å². The molecular formula is C21H29NO3. The third kappa shape index (κ3) is 3.28. The summed E-state index contributed by atoms with van der Waals surface area (Å²) in [5.41, 5.74) is 5.56. The van der Waals surface area contributed by atoms with Gasteiger partial charge in [0, 0.05) is 18.6 Å². The Morgan fingerprint density at radius 1 is 1.12 bits per heavy atom. The number of hydrogen-bond donors (Lipinski definition) is 0. The molecule has 3 rings (SSSR count). The van der Waals surface area contributed by atoms with Crippen molar-refractivity contribution in [2.24, 2.45) is 0 Å². The summed E-state index contributed by atoms with van der Waals surface area (Å²) in [5, 5.41) is 0. The van der Waals surface area contributed by atoms with Crippen LogP contribution < -0.4 is 9.47 Å². The van der Waals surface area contributed by atoms with E-state index in [0.29, 0.717) is 12.1 Å². The Bertz CT molecular complexity index is 720. The van der Waals surface area contributed by atoms with Gasteiger partial charge in [-0.05, 0) is 68.5 Å². The number of ether oxygens (including phenoxy) is 3. The van der Waals surface area contributed by atoms with Crippen molar-refractivity contribution in [3.63, 3.8) is 0 Å². The fourth-order valence-electron chi connectivity index (χ4n) is 4.08. The van der Waals surface area contributed by atoms with Gasteiger partial charge in [-0.25, -0.2) is 0 Å². The van der Waals surface area contributed by atoms with Gasteiger partial charge in [-0.15, -0.1) is 0 Å². The lowest BCUT2D eigenvalue weighted by Crippen LogP contribution is -2.45. The van der Waals surface area contributed by atoms with Gasteiger partial charge in [0.05, 0.1) is 27.1 Å². The number of rotatable bonds is 4. The molecule has 0 bridgehead atoms. The molecule has 2 aliphatic heterocycles. The fraction of sp³-hybridized carbons (Fsp3) is 0.524. The molecule has 4 heteroatoms. The largest absolute Gasteiger partial charge is 0.501 e. The molecule has 0 aromatic heterocycles. The van der Waals surface area contributed by atoms with E-state index in [-0.39, 0.29) is 0 Å². The van der Waals surface area contributed by atoms with E-state index in [1.54, 1.807) is 21.3 Å². The highest BCUT2D eigenvalue weighted by molar-refractivity contribution is 5.51. The molecule has 136 valence electrons. The smallest absolute Gasteiger partial charge is 0.161 e. The fourth-order valence-corrected chi connectivity index (χ4v) is 4.08. The molecule has 1 aromatic carbocycles. The standard InChI is InChI=1S/C21H29NO3/c1-13-12-22-14(2)7-17-10-20(24-5)21(25-6)11-18(17)19(22)9-16(13)8-15(3)23-4/h8,10-11,14,19H,7,9,12H2,1-6H3. The molecule has 0 aliphatic carbocycles. The predicted molar refractivity (Wildman–Crippen MR) is 100 cm³/mol. The highest BCUT2D eigenvalue weighted by Gasteiger charge is 2.36. The van der Waals surface area contributed by atoms with Crippen LogP contribution in [0.3, 0.4) is 0 Å². The van der Waals surface area contributed by atoms with E-state index in [9.17, 15) is 0 Å². The quantitative estimate of drug-likeness (QED) is 0.764. The lowest BCUT2D eigenvalue weighted by molar-refractivity contribution is 0.130. The molecule has 2 aliphatic rings. The second-order valence-corrected chi connectivity index (χ2v) is 7.12. The van der Waals surface area contributed by atoms with E-state index < -0.39 is 0 Å². The van der Waals surface area contributed by atoms with E-state index in [4.69, 9.17) is 14.2 Å². The summed E-state index contributed by atoms with van der Waals surface area (Å²) in [6.07, 6.45) is 4.23. The Labute approximate surface area is 151 Å². The normalized spacial score (nSPS) is 23.8. The number of methoxy groups -OCH3 is 3. The summed E-state index contributed by atoms with van der Waals surface area (Å²) in [6.45, 7) is 7.57. The van der Waals surface area contributed by atoms with E-state index in [2.05, 4.69) is 37.0 Å². The lowest BCUT2D eigenvalue weighted by atomic mass is 9.81. The number of nitrogens with zero attached hydrogens (tertiary/aromatic N) is 1. The molecule has 25 heavy (non-hydrogen) atoms. The van der Waals surface area contributed by atoms with E-state index >= 15 is 0 Å². The van der Waals surface area contributed by atoms with Crippen LogP contribution in [0.2, 0.25) is 0 Å². The van der Waals surface area contributed by atoms with Crippen LogP contribution >= 0.6 is 0 Å². The summed E-state index contributed by atoms with van der Waals surface area (Å²) in [6, 6.07) is 5.21. The molecule has 0 saturated heterocycles. The van der Waals surface area contributed by atoms with Crippen LogP contribution in [0, 0.1) is 0 Å². The van der Waals surface area contributed by atoms with Gasteiger partial charge in [0.15, 0.2) is 11.5 Å². The zero-order valence-corrected chi connectivity index (χ0v) is 16.2. The van der Waals surface area contributed by atoms with E-state index in [1.165, 1.54) is 22.3 Å². The first-order valence-electron chi connectivity index (χ1n) is 8.89. The zero-order chi connectivity index (χ0) is 18.1. The highest BCUT2D eigenvalue weighted by Crippen LogP contribution is 2.45. The van der Waals surface area contributed by atoms with Crippen LogP contribution in [-0.4, -0.2) is 38.8 Å². The monoisotopic (exact) mass is 343 g/mol. The Morgan fingerprint density at radius 2 is 1.80 bits per heavy atom. The minimum absolute atomic E-state index is 0.373.